The Labute approximate surface area is 122 Å². The Kier molecular flexibility index (Phi) is 4.58. The molecule has 0 fully saturated rings. The Hall–Kier alpha value is -2.36. The van der Waals surface area contributed by atoms with E-state index in [9.17, 15) is 4.39 Å². The summed E-state index contributed by atoms with van der Waals surface area (Å²) in [4.78, 5) is 0. The molecule has 0 unspecified atom stereocenters. The van der Waals surface area contributed by atoms with Crippen LogP contribution < -0.4 is 10.2 Å². The van der Waals surface area contributed by atoms with Gasteiger partial charge in [0.05, 0.1) is 11.6 Å². The molecule has 0 heterocycles. The molecule has 106 valence electrons. The fraction of sp³-hybridized carbons (Fsp3) is 0.133. The van der Waals surface area contributed by atoms with Crippen LogP contribution in [0.15, 0.2) is 36.4 Å². The van der Waals surface area contributed by atoms with Crippen LogP contribution in [-0.2, 0) is 6.61 Å². The van der Waals surface area contributed by atoms with E-state index in [2.05, 4.69) is 0 Å². The van der Waals surface area contributed by atoms with Crippen LogP contribution in [0.1, 0.15) is 16.7 Å². The van der Waals surface area contributed by atoms with Gasteiger partial charge in [0.15, 0.2) is 0 Å². The minimum atomic E-state index is -1.53. The summed E-state index contributed by atoms with van der Waals surface area (Å²) in [5.74, 6) is 0.0743. The minimum absolute atomic E-state index is 0.119. The highest BCUT2D eigenvalue weighted by molar-refractivity contribution is 6.58. The van der Waals surface area contributed by atoms with E-state index in [1.807, 2.05) is 6.07 Å². The first-order chi connectivity index (χ1) is 9.99. The lowest BCUT2D eigenvalue weighted by atomic mass is 9.79. The maximum atomic E-state index is 13.3. The molecule has 2 rings (SSSR count). The van der Waals surface area contributed by atoms with Gasteiger partial charge in [0.2, 0.25) is 0 Å². The quantitative estimate of drug-likeness (QED) is 0.829. The van der Waals surface area contributed by atoms with Gasteiger partial charge in [-0.1, -0.05) is 12.1 Å². The molecule has 2 aromatic carbocycles. The van der Waals surface area contributed by atoms with Gasteiger partial charge in [-0.05, 0) is 47.8 Å². The van der Waals surface area contributed by atoms with Gasteiger partial charge in [0.25, 0.3) is 0 Å². The minimum Gasteiger partial charge on any atom is -0.489 e. The predicted octanol–water partition coefficient (Wildman–Crippen LogP) is 1.26. The lowest BCUT2D eigenvalue weighted by Gasteiger charge is -2.11. The molecule has 0 radical (unpaired) electrons. The number of benzene rings is 2. The van der Waals surface area contributed by atoms with Gasteiger partial charge in [0.1, 0.15) is 18.2 Å². The topological polar surface area (TPSA) is 73.5 Å². The summed E-state index contributed by atoms with van der Waals surface area (Å²) in [6, 6.07) is 10.7. The third-order valence-electron chi connectivity index (χ3n) is 2.98. The Morgan fingerprint density at radius 3 is 2.62 bits per heavy atom. The first-order valence-corrected chi connectivity index (χ1v) is 6.28. The van der Waals surface area contributed by atoms with E-state index in [0.29, 0.717) is 16.8 Å². The lowest BCUT2D eigenvalue weighted by Crippen LogP contribution is -2.29. The average molecular weight is 285 g/mol. The summed E-state index contributed by atoms with van der Waals surface area (Å²) >= 11 is 0. The van der Waals surface area contributed by atoms with Crippen molar-refractivity contribution in [1.29, 1.82) is 5.26 Å². The van der Waals surface area contributed by atoms with Crippen molar-refractivity contribution in [2.24, 2.45) is 0 Å². The Morgan fingerprint density at radius 2 is 2.00 bits per heavy atom. The lowest BCUT2D eigenvalue weighted by molar-refractivity contribution is 0.303. The van der Waals surface area contributed by atoms with Crippen molar-refractivity contribution in [3.63, 3.8) is 0 Å². The number of nitrogens with zero attached hydrogens (tertiary/aromatic N) is 1. The van der Waals surface area contributed by atoms with Crippen LogP contribution in [-0.4, -0.2) is 17.2 Å². The molecule has 4 nitrogen and oxygen atoms in total. The van der Waals surface area contributed by atoms with E-state index in [4.69, 9.17) is 20.0 Å². The average Bonchev–Trinajstić information content (AvgIpc) is 2.45. The molecule has 2 N–H and O–H groups in total. The van der Waals surface area contributed by atoms with Crippen molar-refractivity contribution < 1.29 is 19.2 Å². The van der Waals surface area contributed by atoms with E-state index in [-0.39, 0.29) is 12.2 Å². The number of halogens is 1. The molecule has 0 aliphatic carbocycles. The maximum Gasteiger partial charge on any atom is 0.488 e. The van der Waals surface area contributed by atoms with E-state index in [1.165, 1.54) is 6.07 Å². The molecule has 0 amide bonds. The van der Waals surface area contributed by atoms with E-state index in [1.54, 1.807) is 31.2 Å². The first-order valence-electron chi connectivity index (χ1n) is 6.28. The summed E-state index contributed by atoms with van der Waals surface area (Å²) in [7, 11) is -1.53. The monoisotopic (exact) mass is 285 g/mol. The van der Waals surface area contributed by atoms with Crippen LogP contribution in [0, 0.1) is 24.1 Å². The highest BCUT2D eigenvalue weighted by Crippen LogP contribution is 2.18. The predicted molar refractivity (Wildman–Crippen MR) is 76.5 cm³/mol. The molecule has 0 atom stereocenters. The fourth-order valence-electron chi connectivity index (χ4n) is 1.95. The van der Waals surface area contributed by atoms with Crippen molar-refractivity contribution in [2.75, 3.05) is 0 Å². The van der Waals surface area contributed by atoms with Crippen LogP contribution in [0.2, 0.25) is 0 Å². The molecule has 0 spiro atoms. The van der Waals surface area contributed by atoms with Crippen molar-refractivity contribution in [1.82, 2.24) is 0 Å². The van der Waals surface area contributed by atoms with Gasteiger partial charge < -0.3 is 14.8 Å². The van der Waals surface area contributed by atoms with Gasteiger partial charge in [-0.2, -0.15) is 5.26 Å². The molecule has 2 aromatic rings. The molecule has 0 aliphatic heterocycles. The summed E-state index contributed by atoms with van der Waals surface area (Å²) in [6.07, 6.45) is 0. The maximum absolute atomic E-state index is 13.3. The summed E-state index contributed by atoms with van der Waals surface area (Å²) in [5.41, 5.74) is 1.90. The zero-order chi connectivity index (χ0) is 15.4. The molecule has 21 heavy (non-hydrogen) atoms. The summed E-state index contributed by atoms with van der Waals surface area (Å²) in [5, 5.41) is 26.9. The number of rotatable bonds is 4. The van der Waals surface area contributed by atoms with Gasteiger partial charge >= 0.3 is 7.12 Å². The SMILES string of the molecule is Cc1cc(B(O)O)ccc1OCc1cc(F)cc(C#N)c1. The molecule has 6 heteroatoms. The second-order valence-electron chi connectivity index (χ2n) is 4.65. The molecule has 0 bridgehead atoms. The highest BCUT2D eigenvalue weighted by Gasteiger charge is 2.12. The number of ether oxygens (including phenoxy) is 1. The van der Waals surface area contributed by atoms with E-state index >= 15 is 0 Å². The molecule has 0 saturated heterocycles. The molecular weight excluding hydrogens is 272 g/mol. The van der Waals surface area contributed by atoms with Crippen LogP contribution in [0.5, 0.6) is 5.75 Å². The van der Waals surface area contributed by atoms with E-state index in [0.717, 1.165) is 11.6 Å². The third kappa shape index (κ3) is 3.82. The van der Waals surface area contributed by atoms with Crippen molar-refractivity contribution in [2.45, 2.75) is 13.5 Å². The van der Waals surface area contributed by atoms with Crippen LogP contribution in [0.3, 0.4) is 0 Å². The molecule has 0 aliphatic rings. The first kappa shape index (κ1) is 15.0. The molecule has 0 aromatic heterocycles. The zero-order valence-electron chi connectivity index (χ0n) is 11.4. The van der Waals surface area contributed by atoms with Gasteiger partial charge in [-0.15, -0.1) is 0 Å². The van der Waals surface area contributed by atoms with Crippen molar-refractivity contribution >= 4 is 12.6 Å². The summed E-state index contributed by atoms with van der Waals surface area (Å²) < 4.78 is 18.9. The Balaban J connectivity index is 2.13. The summed E-state index contributed by atoms with van der Waals surface area (Å²) in [6.45, 7) is 1.89. The van der Waals surface area contributed by atoms with Crippen LogP contribution in [0.25, 0.3) is 0 Å². The number of hydrogen-bond donors (Lipinski definition) is 2. The van der Waals surface area contributed by atoms with Crippen LogP contribution in [0.4, 0.5) is 4.39 Å². The van der Waals surface area contributed by atoms with Crippen molar-refractivity contribution in [3.8, 4) is 11.8 Å². The zero-order valence-corrected chi connectivity index (χ0v) is 11.4. The largest absolute Gasteiger partial charge is 0.489 e. The van der Waals surface area contributed by atoms with Gasteiger partial charge in [-0.3, -0.25) is 0 Å². The number of aryl methyl sites for hydroxylation is 1. The number of nitriles is 1. The fourth-order valence-corrected chi connectivity index (χ4v) is 1.95. The third-order valence-corrected chi connectivity index (χ3v) is 2.98. The molecule has 0 saturated carbocycles. The Bertz CT molecular complexity index is 698. The van der Waals surface area contributed by atoms with Crippen molar-refractivity contribution in [3.05, 3.63) is 58.9 Å². The van der Waals surface area contributed by atoms with Gasteiger partial charge in [-0.25, -0.2) is 4.39 Å². The second kappa shape index (κ2) is 6.40. The van der Waals surface area contributed by atoms with Crippen LogP contribution >= 0.6 is 0 Å². The second-order valence-corrected chi connectivity index (χ2v) is 4.65. The molecular formula is C15H13BFNO3. The smallest absolute Gasteiger partial charge is 0.488 e. The Morgan fingerprint density at radius 1 is 1.24 bits per heavy atom. The standard InChI is InChI=1S/C15H13BFNO3/c1-10-4-13(16(19)20)2-3-15(10)21-9-12-5-11(8-18)6-14(17)7-12/h2-7,19-20H,9H2,1H3. The van der Waals surface area contributed by atoms with Gasteiger partial charge in [0, 0.05) is 0 Å². The normalized spacial score (nSPS) is 10.0. The number of hydrogen-bond acceptors (Lipinski definition) is 4. The van der Waals surface area contributed by atoms with E-state index < -0.39 is 12.9 Å². The highest BCUT2D eigenvalue weighted by atomic mass is 19.1.